The van der Waals surface area contributed by atoms with Gasteiger partial charge >= 0.3 is 0 Å². The lowest BCUT2D eigenvalue weighted by atomic mass is 10.4. The van der Waals surface area contributed by atoms with Gasteiger partial charge in [0, 0.05) is 0 Å². The molecule has 1 aliphatic heterocycles. The van der Waals surface area contributed by atoms with Crippen LogP contribution in [0, 0.1) is 0 Å². The van der Waals surface area contributed by atoms with Crippen LogP contribution in [0.4, 0.5) is 0 Å². The standard InChI is InChI=1S/C14H26Si/c1-3-5-7-11-15(12-8-6-4-2)13-9-10-14-15/h3-6H,7-14H2,1-2H3. The second kappa shape index (κ2) is 7.05. The maximum atomic E-state index is 2.36. The van der Waals surface area contributed by atoms with Gasteiger partial charge in [0.1, 0.15) is 0 Å². The van der Waals surface area contributed by atoms with Crippen molar-refractivity contribution in [3.8, 4) is 0 Å². The quantitative estimate of drug-likeness (QED) is 0.430. The molecule has 1 rings (SSSR count). The Morgan fingerprint density at radius 2 is 1.33 bits per heavy atom. The zero-order valence-electron chi connectivity index (χ0n) is 10.5. The number of hydrogen-bond acceptors (Lipinski definition) is 0. The van der Waals surface area contributed by atoms with Gasteiger partial charge in [0.25, 0.3) is 0 Å². The Labute approximate surface area is 96.5 Å². The number of allylic oxidation sites excluding steroid dienone is 4. The molecule has 0 N–H and O–H groups in total. The summed E-state index contributed by atoms with van der Waals surface area (Å²) in [5.74, 6) is 0. The van der Waals surface area contributed by atoms with Crippen LogP contribution in [0.25, 0.3) is 0 Å². The summed E-state index contributed by atoms with van der Waals surface area (Å²) in [6, 6.07) is 6.33. The lowest BCUT2D eigenvalue weighted by Gasteiger charge is -2.25. The first-order valence-corrected chi connectivity index (χ1v) is 9.38. The molecule has 0 nitrogen and oxygen atoms in total. The Morgan fingerprint density at radius 1 is 0.867 bits per heavy atom. The molecule has 1 saturated heterocycles. The Kier molecular flexibility index (Phi) is 6.00. The maximum absolute atomic E-state index is 2.36. The van der Waals surface area contributed by atoms with Crippen molar-refractivity contribution in [1.82, 2.24) is 0 Å². The van der Waals surface area contributed by atoms with Gasteiger partial charge < -0.3 is 0 Å². The monoisotopic (exact) mass is 222 g/mol. The summed E-state index contributed by atoms with van der Waals surface area (Å²) >= 11 is 0. The van der Waals surface area contributed by atoms with Crippen LogP contribution in [0.2, 0.25) is 24.2 Å². The molecule has 0 atom stereocenters. The minimum absolute atomic E-state index is 0.809. The third kappa shape index (κ3) is 4.37. The third-order valence-corrected chi connectivity index (χ3v) is 9.35. The van der Waals surface area contributed by atoms with E-state index in [0.717, 1.165) is 0 Å². The smallest absolute Gasteiger partial charge is 0.0541 e. The zero-order valence-corrected chi connectivity index (χ0v) is 11.5. The summed E-state index contributed by atoms with van der Waals surface area (Å²) < 4.78 is 0. The van der Waals surface area contributed by atoms with E-state index in [4.69, 9.17) is 0 Å². The molecule has 1 heterocycles. The minimum atomic E-state index is -0.809. The van der Waals surface area contributed by atoms with Crippen LogP contribution in [-0.2, 0) is 0 Å². The van der Waals surface area contributed by atoms with E-state index in [9.17, 15) is 0 Å². The lowest BCUT2D eigenvalue weighted by molar-refractivity contribution is 0.935. The molecule has 0 saturated carbocycles. The van der Waals surface area contributed by atoms with Crippen LogP contribution in [0.1, 0.15) is 39.5 Å². The highest BCUT2D eigenvalue weighted by atomic mass is 28.3. The van der Waals surface area contributed by atoms with Gasteiger partial charge in [-0.2, -0.15) is 0 Å². The average Bonchev–Trinajstić information content (AvgIpc) is 2.68. The zero-order chi connectivity index (χ0) is 11.0. The van der Waals surface area contributed by atoms with Gasteiger partial charge in [-0.1, -0.05) is 61.3 Å². The van der Waals surface area contributed by atoms with E-state index < -0.39 is 8.07 Å². The van der Waals surface area contributed by atoms with Gasteiger partial charge in [0.15, 0.2) is 0 Å². The van der Waals surface area contributed by atoms with Gasteiger partial charge in [0.05, 0.1) is 8.07 Å². The minimum Gasteiger partial charge on any atom is -0.0917 e. The molecule has 1 fully saturated rings. The van der Waals surface area contributed by atoms with Crippen LogP contribution in [-0.4, -0.2) is 8.07 Å². The first-order valence-electron chi connectivity index (χ1n) is 6.55. The van der Waals surface area contributed by atoms with Gasteiger partial charge in [-0.25, -0.2) is 0 Å². The molecule has 0 unspecified atom stereocenters. The SMILES string of the molecule is CC=CCC[Si]1(CCC=CC)CCCC1. The highest BCUT2D eigenvalue weighted by Gasteiger charge is 2.34. The summed E-state index contributed by atoms with van der Waals surface area (Å²) in [5, 5.41) is 0. The van der Waals surface area contributed by atoms with E-state index in [0.29, 0.717) is 0 Å². The molecule has 0 aromatic rings. The number of hydrogen-bond donors (Lipinski definition) is 0. The summed E-state index contributed by atoms with van der Waals surface area (Å²) in [6.45, 7) is 4.28. The van der Waals surface area contributed by atoms with Crippen molar-refractivity contribution in [2.45, 2.75) is 63.7 Å². The molecule has 0 radical (unpaired) electrons. The van der Waals surface area contributed by atoms with Crippen molar-refractivity contribution in [3.63, 3.8) is 0 Å². The van der Waals surface area contributed by atoms with Crippen molar-refractivity contribution in [1.29, 1.82) is 0 Å². The highest BCUT2D eigenvalue weighted by molar-refractivity contribution is 6.80. The van der Waals surface area contributed by atoms with Crippen LogP contribution >= 0.6 is 0 Å². The van der Waals surface area contributed by atoms with E-state index >= 15 is 0 Å². The average molecular weight is 222 g/mol. The Morgan fingerprint density at radius 3 is 1.73 bits per heavy atom. The fourth-order valence-corrected chi connectivity index (χ4v) is 7.92. The van der Waals surface area contributed by atoms with Gasteiger partial charge in [-0.05, 0) is 26.7 Å². The van der Waals surface area contributed by atoms with Gasteiger partial charge in [0.2, 0.25) is 0 Å². The van der Waals surface area contributed by atoms with Crippen LogP contribution in [0.5, 0.6) is 0 Å². The third-order valence-electron chi connectivity index (χ3n) is 3.82. The molecule has 0 bridgehead atoms. The molecular weight excluding hydrogens is 196 g/mol. The van der Waals surface area contributed by atoms with Gasteiger partial charge in [-0.15, -0.1) is 0 Å². The van der Waals surface area contributed by atoms with Crippen molar-refractivity contribution < 1.29 is 0 Å². The number of rotatable bonds is 6. The van der Waals surface area contributed by atoms with E-state index in [1.54, 1.807) is 24.2 Å². The first kappa shape index (κ1) is 12.8. The van der Waals surface area contributed by atoms with Crippen molar-refractivity contribution >= 4 is 8.07 Å². The summed E-state index contributed by atoms with van der Waals surface area (Å²) in [7, 11) is -0.809. The Hall–Kier alpha value is -0.303. The lowest BCUT2D eigenvalue weighted by Crippen LogP contribution is -2.29. The van der Waals surface area contributed by atoms with Gasteiger partial charge in [-0.3, -0.25) is 0 Å². The molecular formula is C14H26Si. The largest absolute Gasteiger partial charge is 0.0917 e. The first-order chi connectivity index (χ1) is 7.33. The molecule has 86 valence electrons. The summed E-state index contributed by atoms with van der Waals surface area (Å²) in [4.78, 5) is 0. The van der Waals surface area contributed by atoms with Crippen molar-refractivity contribution in [2.75, 3.05) is 0 Å². The van der Waals surface area contributed by atoms with Crippen molar-refractivity contribution in [3.05, 3.63) is 24.3 Å². The maximum Gasteiger partial charge on any atom is 0.0541 e. The van der Waals surface area contributed by atoms with Crippen molar-refractivity contribution in [2.24, 2.45) is 0 Å². The molecule has 0 spiro atoms. The predicted octanol–water partition coefficient (Wildman–Crippen LogP) is 5.16. The Balaban J connectivity index is 2.38. The molecule has 0 amide bonds. The summed E-state index contributed by atoms with van der Waals surface area (Å²) in [6.07, 6.45) is 14.9. The summed E-state index contributed by atoms with van der Waals surface area (Å²) in [5.41, 5.74) is 0. The molecule has 0 aromatic heterocycles. The Bertz CT molecular complexity index is 191. The van der Waals surface area contributed by atoms with Crippen LogP contribution < -0.4 is 0 Å². The molecule has 1 aliphatic rings. The van der Waals surface area contributed by atoms with Crippen LogP contribution in [0.3, 0.4) is 0 Å². The molecule has 15 heavy (non-hydrogen) atoms. The topological polar surface area (TPSA) is 0 Å². The normalized spacial score (nSPS) is 20.7. The highest BCUT2D eigenvalue weighted by Crippen LogP contribution is 2.38. The van der Waals surface area contributed by atoms with Crippen LogP contribution in [0.15, 0.2) is 24.3 Å². The second-order valence-electron chi connectivity index (χ2n) is 4.92. The molecule has 0 aromatic carbocycles. The fraction of sp³-hybridized carbons (Fsp3) is 0.714. The predicted molar refractivity (Wildman–Crippen MR) is 73.1 cm³/mol. The molecule has 0 aliphatic carbocycles. The van der Waals surface area contributed by atoms with E-state index in [2.05, 4.69) is 38.2 Å². The molecule has 1 heteroatoms. The second-order valence-corrected chi connectivity index (χ2v) is 9.92. The van der Waals surface area contributed by atoms with E-state index in [1.165, 1.54) is 25.7 Å². The van der Waals surface area contributed by atoms with E-state index in [1.807, 2.05) is 0 Å². The fourth-order valence-electron chi connectivity index (χ4n) is 2.86. The van der Waals surface area contributed by atoms with E-state index in [-0.39, 0.29) is 0 Å².